The Morgan fingerprint density at radius 1 is 1.64 bits per heavy atom. The summed E-state index contributed by atoms with van der Waals surface area (Å²) in [6, 6.07) is 0. The summed E-state index contributed by atoms with van der Waals surface area (Å²) < 4.78 is 1.59. The molecule has 0 aliphatic heterocycles. The molecule has 62 valence electrons. The van der Waals surface area contributed by atoms with E-state index >= 15 is 0 Å². The van der Waals surface area contributed by atoms with E-state index in [2.05, 4.69) is 5.10 Å². The molecule has 0 aliphatic rings. The fourth-order valence-corrected chi connectivity index (χ4v) is 1.03. The van der Waals surface area contributed by atoms with E-state index in [-0.39, 0.29) is 0 Å². The van der Waals surface area contributed by atoms with Gasteiger partial charge in [-0.05, 0) is 12.8 Å². The Labute approximate surface area is 66.7 Å². The van der Waals surface area contributed by atoms with Crippen molar-refractivity contribution in [2.24, 2.45) is 0 Å². The number of aryl methyl sites for hydroxylation is 1. The summed E-state index contributed by atoms with van der Waals surface area (Å²) in [5.74, 6) is 0.651. The maximum Gasteiger partial charge on any atom is 0.212 e. The Balaban J connectivity index is 3.00. The minimum atomic E-state index is 0.308. The molecule has 0 aliphatic carbocycles. The van der Waals surface area contributed by atoms with Gasteiger partial charge in [-0.1, -0.05) is 13.8 Å². The fourth-order valence-electron chi connectivity index (χ4n) is 1.03. The Bertz CT molecular complexity index is 240. The van der Waals surface area contributed by atoms with Gasteiger partial charge in [0.1, 0.15) is 0 Å². The summed E-state index contributed by atoms with van der Waals surface area (Å²) >= 11 is 0. The smallest absolute Gasteiger partial charge is 0.212 e. The van der Waals surface area contributed by atoms with Gasteiger partial charge in [-0.25, -0.2) is 4.68 Å². The molecule has 0 bridgehead atoms. The lowest BCUT2D eigenvalue weighted by Crippen LogP contribution is -1.95. The van der Waals surface area contributed by atoms with Gasteiger partial charge in [-0.15, -0.1) is 0 Å². The first kappa shape index (κ1) is 8.11. The van der Waals surface area contributed by atoms with Crippen molar-refractivity contribution >= 4 is 0 Å². The maximum atomic E-state index is 9.50. The number of hydrogen-bond donors (Lipinski definition) is 1. The van der Waals surface area contributed by atoms with Crippen LogP contribution in [0.5, 0.6) is 5.88 Å². The number of nitrogens with zero attached hydrogens (tertiary/aromatic N) is 2. The first-order valence-corrected chi connectivity index (χ1v) is 3.91. The second-order valence-corrected chi connectivity index (χ2v) is 2.89. The van der Waals surface area contributed by atoms with E-state index in [1.807, 2.05) is 20.8 Å². The highest BCUT2D eigenvalue weighted by Gasteiger charge is 2.10. The monoisotopic (exact) mass is 154 g/mol. The predicted molar refractivity (Wildman–Crippen MR) is 43.7 cm³/mol. The molecule has 3 nitrogen and oxygen atoms in total. The van der Waals surface area contributed by atoms with Crippen LogP contribution in [-0.2, 0) is 6.54 Å². The Kier molecular flexibility index (Phi) is 2.17. The summed E-state index contributed by atoms with van der Waals surface area (Å²) in [4.78, 5) is 0. The first-order chi connectivity index (χ1) is 5.16. The quantitative estimate of drug-likeness (QED) is 0.704. The summed E-state index contributed by atoms with van der Waals surface area (Å²) in [5, 5.41) is 13.5. The molecule has 0 aromatic carbocycles. The molecule has 0 unspecified atom stereocenters. The summed E-state index contributed by atoms with van der Waals surface area (Å²) in [6.45, 7) is 6.75. The molecule has 1 aromatic heterocycles. The van der Waals surface area contributed by atoms with Gasteiger partial charge < -0.3 is 5.11 Å². The third-order valence-corrected chi connectivity index (χ3v) is 1.76. The number of hydrogen-bond acceptors (Lipinski definition) is 2. The maximum absolute atomic E-state index is 9.50. The molecule has 0 fully saturated rings. The molecule has 0 saturated carbocycles. The Morgan fingerprint density at radius 2 is 2.27 bits per heavy atom. The van der Waals surface area contributed by atoms with Crippen molar-refractivity contribution in [1.82, 2.24) is 9.78 Å². The molecule has 3 heteroatoms. The number of aromatic nitrogens is 2. The van der Waals surface area contributed by atoms with E-state index in [4.69, 9.17) is 0 Å². The van der Waals surface area contributed by atoms with Crippen LogP contribution >= 0.6 is 0 Å². The minimum Gasteiger partial charge on any atom is -0.493 e. The van der Waals surface area contributed by atoms with Gasteiger partial charge in [0.2, 0.25) is 5.88 Å². The van der Waals surface area contributed by atoms with Gasteiger partial charge in [0, 0.05) is 12.1 Å². The van der Waals surface area contributed by atoms with Crippen LogP contribution in [0.25, 0.3) is 0 Å². The van der Waals surface area contributed by atoms with E-state index < -0.39 is 0 Å². The second kappa shape index (κ2) is 2.95. The normalized spacial score (nSPS) is 10.9. The molecule has 0 saturated heterocycles. The van der Waals surface area contributed by atoms with E-state index in [0.29, 0.717) is 11.8 Å². The molecular formula is C8H14N2O. The van der Waals surface area contributed by atoms with Crippen LogP contribution in [0.3, 0.4) is 0 Å². The summed E-state index contributed by atoms with van der Waals surface area (Å²) in [5.41, 5.74) is 0.923. The lowest BCUT2D eigenvalue weighted by atomic mass is 10.1. The zero-order valence-corrected chi connectivity index (χ0v) is 7.20. The molecule has 1 N–H and O–H groups in total. The molecule has 1 rings (SSSR count). The van der Waals surface area contributed by atoms with E-state index in [0.717, 1.165) is 12.1 Å². The lowest BCUT2D eigenvalue weighted by molar-refractivity contribution is 0.398. The third-order valence-electron chi connectivity index (χ3n) is 1.76. The highest BCUT2D eigenvalue weighted by Crippen LogP contribution is 2.24. The van der Waals surface area contributed by atoms with Gasteiger partial charge in [0.15, 0.2) is 0 Å². The van der Waals surface area contributed by atoms with Crippen molar-refractivity contribution in [2.45, 2.75) is 33.2 Å². The van der Waals surface area contributed by atoms with Gasteiger partial charge in [-0.3, -0.25) is 0 Å². The number of aromatic hydroxyl groups is 1. The van der Waals surface area contributed by atoms with E-state index in [9.17, 15) is 5.11 Å². The lowest BCUT2D eigenvalue weighted by Gasteiger charge is -2.02. The SMILES string of the molecule is CCn1ncc(C(C)C)c1O. The van der Waals surface area contributed by atoms with Crippen LogP contribution in [0.2, 0.25) is 0 Å². The van der Waals surface area contributed by atoms with Crippen molar-refractivity contribution in [3.8, 4) is 5.88 Å². The molecule has 0 amide bonds. The highest BCUT2D eigenvalue weighted by atomic mass is 16.3. The predicted octanol–water partition coefficient (Wildman–Crippen LogP) is 1.73. The van der Waals surface area contributed by atoms with Crippen molar-refractivity contribution in [3.05, 3.63) is 11.8 Å². The van der Waals surface area contributed by atoms with Crippen LogP contribution in [0.1, 0.15) is 32.3 Å². The van der Waals surface area contributed by atoms with Crippen LogP contribution in [0.15, 0.2) is 6.20 Å². The van der Waals surface area contributed by atoms with Gasteiger partial charge in [-0.2, -0.15) is 5.10 Å². The van der Waals surface area contributed by atoms with Crippen molar-refractivity contribution in [3.63, 3.8) is 0 Å². The van der Waals surface area contributed by atoms with Crippen molar-refractivity contribution in [2.75, 3.05) is 0 Å². The fraction of sp³-hybridized carbons (Fsp3) is 0.625. The third kappa shape index (κ3) is 1.37. The molecule has 11 heavy (non-hydrogen) atoms. The molecule has 0 radical (unpaired) electrons. The number of rotatable bonds is 2. The van der Waals surface area contributed by atoms with E-state index in [1.54, 1.807) is 10.9 Å². The van der Waals surface area contributed by atoms with E-state index in [1.165, 1.54) is 0 Å². The van der Waals surface area contributed by atoms with Crippen LogP contribution in [0, 0.1) is 0 Å². The molecular weight excluding hydrogens is 140 g/mol. The average Bonchev–Trinajstić information content (AvgIpc) is 2.30. The van der Waals surface area contributed by atoms with Gasteiger partial charge >= 0.3 is 0 Å². The van der Waals surface area contributed by atoms with Crippen molar-refractivity contribution in [1.29, 1.82) is 0 Å². The summed E-state index contributed by atoms with van der Waals surface area (Å²) in [6.07, 6.45) is 1.73. The molecule has 0 spiro atoms. The zero-order chi connectivity index (χ0) is 8.43. The molecule has 1 aromatic rings. The van der Waals surface area contributed by atoms with Gasteiger partial charge in [0.05, 0.1) is 6.20 Å². The molecule has 1 heterocycles. The average molecular weight is 154 g/mol. The van der Waals surface area contributed by atoms with Crippen molar-refractivity contribution < 1.29 is 5.11 Å². The largest absolute Gasteiger partial charge is 0.493 e. The molecule has 0 atom stereocenters. The van der Waals surface area contributed by atoms with Crippen LogP contribution in [-0.4, -0.2) is 14.9 Å². The topological polar surface area (TPSA) is 38.0 Å². The Morgan fingerprint density at radius 3 is 2.55 bits per heavy atom. The van der Waals surface area contributed by atoms with Crippen LogP contribution < -0.4 is 0 Å². The van der Waals surface area contributed by atoms with Gasteiger partial charge in [0.25, 0.3) is 0 Å². The Hall–Kier alpha value is -0.990. The zero-order valence-electron chi connectivity index (χ0n) is 7.20. The highest BCUT2D eigenvalue weighted by molar-refractivity contribution is 5.25. The standard InChI is InChI=1S/C8H14N2O/c1-4-10-8(11)7(5-9-10)6(2)3/h5-6,11H,4H2,1-3H3. The second-order valence-electron chi connectivity index (χ2n) is 2.89. The minimum absolute atomic E-state index is 0.308. The summed E-state index contributed by atoms with van der Waals surface area (Å²) in [7, 11) is 0. The first-order valence-electron chi connectivity index (χ1n) is 3.91. The van der Waals surface area contributed by atoms with Crippen LogP contribution in [0.4, 0.5) is 0 Å².